The fourth-order valence-electron chi connectivity index (χ4n) is 2.55. The van der Waals surface area contributed by atoms with Crippen LogP contribution in [0, 0.1) is 13.8 Å². The van der Waals surface area contributed by atoms with Crippen LogP contribution in [0.5, 0.6) is 0 Å². The van der Waals surface area contributed by atoms with Gasteiger partial charge in [-0.1, -0.05) is 0 Å². The Balaban J connectivity index is 1.81. The van der Waals surface area contributed by atoms with E-state index in [0.29, 0.717) is 10.7 Å². The molecule has 0 aromatic carbocycles. The number of nitrogens with zero attached hydrogens (tertiary/aromatic N) is 4. The summed E-state index contributed by atoms with van der Waals surface area (Å²) in [5.74, 6) is 1.11. The van der Waals surface area contributed by atoms with Crippen molar-refractivity contribution in [1.82, 2.24) is 19.5 Å². The first-order chi connectivity index (χ1) is 11.6. The molecule has 0 saturated carbocycles. The quantitative estimate of drug-likeness (QED) is 0.546. The van der Waals surface area contributed by atoms with Gasteiger partial charge in [0.15, 0.2) is 0 Å². The zero-order valence-corrected chi connectivity index (χ0v) is 14.7. The van der Waals surface area contributed by atoms with Crippen LogP contribution in [-0.4, -0.2) is 39.1 Å². The summed E-state index contributed by atoms with van der Waals surface area (Å²) in [4.78, 5) is 26.3. The first-order valence-corrected chi connectivity index (χ1v) is 8.47. The Kier molecular flexibility index (Phi) is 4.75. The third-order valence-electron chi connectivity index (χ3n) is 3.72. The van der Waals surface area contributed by atoms with E-state index < -0.39 is 0 Å². The molecule has 1 N–H and O–H groups in total. The number of ether oxygens (including phenoxy) is 1. The predicted molar refractivity (Wildman–Crippen MR) is 93.6 cm³/mol. The Labute approximate surface area is 143 Å². The summed E-state index contributed by atoms with van der Waals surface area (Å²) in [6.45, 7) is 5.41. The lowest BCUT2D eigenvalue weighted by atomic mass is 10.2. The molecule has 0 amide bonds. The molecule has 3 rings (SSSR count). The van der Waals surface area contributed by atoms with Gasteiger partial charge >= 0.3 is 5.97 Å². The van der Waals surface area contributed by atoms with E-state index in [1.807, 2.05) is 24.6 Å². The molecular weight excluding hydrogens is 326 g/mol. The highest BCUT2D eigenvalue weighted by Crippen LogP contribution is 2.34. The van der Waals surface area contributed by atoms with Crippen molar-refractivity contribution >= 4 is 33.3 Å². The molecule has 0 fully saturated rings. The number of anilines is 1. The first-order valence-electron chi connectivity index (χ1n) is 7.66. The second kappa shape index (κ2) is 6.96. The molecule has 24 heavy (non-hydrogen) atoms. The highest BCUT2D eigenvalue weighted by Gasteiger charge is 2.20. The Morgan fingerprint density at radius 1 is 1.38 bits per heavy atom. The van der Waals surface area contributed by atoms with Gasteiger partial charge in [0.1, 0.15) is 21.3 Å². The largest absolute Gasteiger partial charge is 0.465 e. The monoisotopic (exact) mass is 345 g/mol. The van der Waals surface area contributed by atoms with Crippen LogP contribution in [-0.2, 0) is 11.3 Å². The summed E-state index contributed by atoms with van der Waals surface area (Å²) in [5.41, 5.74) is 0.860. The SMILES string of the molecule is COC(=O)c1sc2nc(C)nc(NCCCn3ccnc3)c2c1C. The average molecular weight is 345 g/mol. The van der Waals surface area contributed by atoms with E-state index in [1.54, 1.807) is 12.5 Å². The standard InChI is InChI=1S/C16H19N5O2S/c1-10-12-14(18-5-4-7-21-8-6-17-9-21)19-11(2)20-15(12)24-13(10)16(22)23-3/h6,8-9H,4-5,7H2,1-3H3,(H,18,19,20). The second-order valence-electron chi connectivity index (χ2n) is 5.43. The molecule has 0 unspecified atom stereocenters. The molecule has 0 bridgehead atoms. The Bertz CT molecular complexity index is 857. The maximum atomic E-state index is 11.9. The molecular formula is C16H19N5O2S. The highest BCUT2D eigenvalue weighted by atomic mass is 32.1. The fraction of sp³-hybridized carbons (Fsp3) is 0.375. The smallest absolute Gasteiger partial charge is 0.348 e. The number of esters is 1. The number of hydrogen-bond acceptors (Lipinski definition) is 7. The van der Waals surface area contributed by atoms with E-state index in [9.17, 15) is 4.79 Å². The molecule has 0 spiro atoms. The molecule has 0 aliphatic carbocycles. The van der Waals surface area contributed by atoms with Gasteiger partial charge < -0.3 is 14.6 Å². The minimum atomic E-state index is -0.334. The van der Waals surface area contributed by atoms with Gasteiger partial charge in [-0.25, -0.2) is 19.7 Å². The number of aromatic nitrogens is 4. The Morgan fingerprint density at radius 2 is 2.21 bits per heavy atom. The molecule has 126 valence electrons. The molecule has 3 aromatic heterocycles. The molecule has 3 aromatic rings. The summed E-state index contributed by atoms with van der Waals surface area (Å²) in [5, 5.41) is 4.27. The topological polar surface area (TPSA) is 81.9 Å². The van der Waals surface area contributed by atoms with Crippen LogP contribution in [0.1, 0.15) is 27.5 Å². The van der Waals surface area contributed by atoms with Crippen molar-refractivity contribution < 1.29 is 9.53 Å². The van der Waals surface area contributed by atoms with Crippen molar-refractivity contribution in [3.63, 3.8) is 0 Å². The number of hydrogen-bond donors (Lipinski definition) is 1. The molecule has 7 nitrogen and oxygen atoms in total. The Morgan fingerprint density at radius 3 is 2.92 bits per heavy atom. The van der Waals surface area contributed by atoms with Gasteiger partial charge in [-0.3, -0.25) is 0 Å². The van der Waals surface area contributed by atoms with Gasteiger partial charge in [-0.15, -0.1) is 11.3 Å². The average Bonchev–Trinajstić information content (AvgIpc) is 3.19. The molecule has 8 heteroatoms. The van der Waals surface area contributed by atoms with Gasteiger partial charge in [0.2, 0.25) is 0 Å². The first kappa shape index (κ1) is 16.4. The maximum absolute atomic E-state index is 11.9. The van der Waals surface area contributed by atoms with E-state index in [2.05, 4.69) is 20.3 Å². The molecule has 3 heterocycles. The van der Waals surface area contributed by atoms with Crippen LogP contribution >= 0.6 is 11.3 Å². The van der Waals surface area contributed by atoms with Gasteiger partial charge in [0, 0.05) is 25.5 Å². The predicted octanol–water partition coefficient (Wildman–Crippen LogP) is 2.79. The van der Waals surface area contributed by atoms with Gasteiger partial charge in [-0.05, 0) is 25.8 Å². The number of aryl methyl sites for hydroxylation is 3. The number of nitrogens with one attached hydrogen (secondary N) is 1. The third kappa shape index (κ3) is 3.23. The van der Waals surface area contributed by atoms with E-state index in [-0.39, 0.29) is 5.97 Å². The van der Waals surface area contributed by atoms with Crippen molar-refractivity contribution in [3.05, 3.63) is 35.0 Å². The number of methoxy groups -OCH3 is 1. The van der Waals surface area contributed by atoms with E-state index in [4.69, 9.17) is 4.74 Å². The van der Waals surface area contributed by atoms with E-state index in [1.165, 1.54) is 18.4 Å². The third-order valence-corrected chi connectivity index (χ3v) is 4.88. The van der Waals surface area contributed by atoms with Gasteiger partial charge in [0.05, 0.1) is 18.8 Å². The van der Waals surface area contributed by atoms with Crippen molar-refractivity contribution in [3.8, 4) is 0 Å². The van der Waals surface area contributed by atoms with E-state index in [0.717, 1.165) is 41.1 Å². The van der Waals surface area contributed by atoms with Crippen LogP contribution in [0.4, 0.5) is 5.82 Å². The summed E-state index contributed by atoms with van der Waals surface area (Å²) >= 11 is 1.34. The van der Waals surface area contributed by atoms with Gasteiger partial charge in [0.25, 0.3) is 0 Å². The minimum Gasteiger partial charge on any atom is -0.465 e. The fourth-order valence-corrected chi connectivity index (χ4v) is 3.69. The zero-order valence-electron chi connectivity index (χ0n) is 13.9. The van der Waals surface area contributed by atoms with Crippen LogP contribution < -0.4 is 5.32 Å². The minimum absolute atomic E-state index is 0.334. The number of carbonyl (C=O) groups excluding carboxylic acids is 1. The molecule has 0 saturated heterocycles. The molecule has 0 aliphatic heterocycles. The van der Waals surface area contributed by atoms with Crippen LogP contribution in [0.25, 0.3) is 10.2 Å². The Hall–Kier alpha value is -2.48. The summed E-state index contributed by atoms with van der Waals surface area (Å²) < 4.78 is 6.89. The molecule has 0 aliphatic rings. The van der Waals surface area contributed by atoms with Crippen LogP contribution in [0.2, 0.25) is 0 Å². The summed E-state index contributed by atoms with van der Waals surface area (Å²) in [7, 11) is 1.39. The number of imidazole rings is 1. The molecule has 0 radical (unpaired) electrons. The summed E-state index contributed by atoms with van der Waals surface area (Å²) in [6, 6.07) is 0. The normalized spacial score (nSPS) is 11.0. The maximum Gasteiger partial charge on any atom is 0.348 e. The molecule has 0 atom stereocenters. The second-order valence-corrected chi connectivity index (χ2v) is 6.43. The van der Waals surface area contributed by atoms with Crippen LogP contribution in [0.15, 0.2) is 18.7 Å². The lowest BCUT2D eigenvalue weighted by molar-refractivity contribution is 0.0605. The lowest BCUT2D eigenvalue weighted by Gasteiger charge is -2.09. The zero-order chi connectivity index (χ0) is 17.1. The van der Waals surface area contributed by atoms with Crippen molar-refractivity contribution in [2.45, 2.75) is 26.8 Å². The highest BCUT2D eigenvalue weighted by molar-refractivity contribution is 7.20. The van der Waals surface area contributed by atoms with E-state index >= 15 is 0 Å². The van der Waals surface area contributed by atoms with Crippen LogP contribution in [0.3, 0.4) is 0 Å². The number of fused-ring (bicyclic) bond motifs is 1. The number of thiophene rings is 1. The summed E-state index contributed by atoms with van der Waals surface area (Å²) in [6.07, 6.45) is 6.46. The van der Waals surface area contributed by atoms with Crippen molar-refractivity contribution in [2.24, 2.45) is 0 Å². The van der Waals surface area contributed by atoms with Crippen molar-refractivity contribution in [1.29, 1.82) is 0 Å². The lowest BCUT2D eigenvalue weighted by Crippen LogP contribution is -2.08. The number of rotatable bonds is 6. The van der Waals surface area contributed by atoms with Crippen molar-refractivity contribution in [2.75, 3.05) is 19.0 Å². The van der Waals surface area contributed by atoms with Gasteiger partial charge in [-0.2, -0.15) is 0 Å². The number of carbonyl (C=O) groups is 1.